The van der Waals surface area contributed by atoms with Gasteiger partial charge in [-0.15, -0.1) is 0 Å². The molecule has 1 saturated carbocycles. The fourth-order valence-electron chi connectivity index (χ4n) is 3.74. The normalized spacial score (nSPS) is 18.9. The summed E-state index contributed by atoms with van der Waals surface area (Å²) >= 11 is 0. The molecule has 4 rings (SSSR count). The number of nitrogens with one attached hydrogen (secondary N) is 1. The third-order valence-electron chi connectivity index (χ3n) is 5.80. The lowest BCUT2D eigenvalue weighted by molar-refractivity contribution is -0.144. The summed E-state index contributed by atoms with van der Waals surface area (Å²) in [4.78, 5) is 31.1. The number of ether oxygens (including phenoxy) is 3. The molecule has 1 aliphatic carbocycles. The Balaban J connectivity index is 1.62. The molecule has 3 N–H and O–H groups in total. The molecule has 1 unspecified atom stereocenters. The maximum absolute atomic E-state index is 13.3. The van der Waals surface area contributed by atoms with Gasteiger partial charge in [-0.2, -0.15) is 8.78 Å². The highest BCUT2D eigenvalue weighted by Crippen LogP contribution is 2.37. The molecular weight excluding hydrogens is 466 g/mol. The lowest BCUT2D eigenvalue weighted by atomic mass is 10.1. The third kappa shape index (κ3) is 5.88. The van der Waals surface area contributed by atoms with Crippen molar-refractivity contribution in [1.82, 2.24) is 15.2 Å². The molecule has 0 bridgehead atoms. The first-order chi connectivity index (χ1) is 16.8. The van der Waals surface area contributed by atoms with E-state index in [1.807, 2.05) is 0 Å². The van der Waals surface area contributed by atoms with E-state index >= 15 is 0 Å². The summed E-state index contributed by atoms with van der Waals surface area (Å²) in [5, 5.41) is 3.01. The zero-order valence-corrected chi connectivity index (χ0v) is 19.5. The number of nitrogens with two attached hydrogens (primary N) is 1. The minimum absolute atomic E-state index is 0.0221. The van der Waals surface area contributed by atoms with Gasteiger partial charge >= 0.3 is 12.6 Å². The average Bonchev–Trinajstić information content (AvgIpc) is 3.57. The van der Waals surface area contributed by atoms with Gasteiger partial charge in [0, 0.05) is 25.2 Å². The number of carbonyl (C=O) groups excluding carboxylic acids is 2. The standard InChI is InChI=1S/C23H28F2N4O6/c1-12(26)19-18(21(30)29-8-7-27-15(10-29)22(31)32-2)28-20(35-19)14-5-6-16(34-23(24)25)17(9-14)33-11-13-3-4-13/h5-6,9,12-13,15,23,27H,3-4,7-8,10-11,26H2,1-2H3/t12-,15?/m0/s1. The predicted molar refractivity (Wildman–Crippen MR) is 119 cm³/mol. The number of hydrogen-bond acceptors (Lipinski definition) is 9. The van der Waals surface area contributed by atoms with E-state index in [0.717, 1.165) is 12.8 Å². The summed E-state index contributed by atoms with van der Waals surface area (Å²) in [6.45, 7) is -0.117. The number of oxazole rings is 1. The van der Waals surface area contributed by atoms with Gasteiger partial charge in [0.2, 0.25) is 5.89 Å². The monoisotopic (exact) mass is 494 g/mol. The van der Waals surface area contributed by atoms with E-state index in [1.165, 1.54) is 30.2 Å². The number of esters is 1. The molecule has 1 saturated heterocycles. The maximum Gasteiger partial charge on any atom is 0.387 e. The van der Waals surface area contributed by atoms with Crippen LogP contribution < -0.4 is 20.5 Å². The molecule has 2 heterocycles. The Morgan fingerprint density at radius 3 is 2.74 bits per heavy atom. The molecule has 190 valence electrons. The Morgan fingerprint density at radius 2 is 2.09 bits per heavy atom. The van der Waals surface area contributed by atoms with Crippen LogP contribution in [-0.4, -0.2) is 67.8 Å². The van der Waals surface area contributed by atoms with Crippen molar-refractivity contribution < 1.29 is 37.0 Å². The number of piperazine rings is 1. The van der Waals surface area contributed by atoms with E-state index in [1.54, 1.807) is 6.92 Å². The van der Waals surface area contributed by atoms with Crippen molar-refractivity contribution in [3.05, 3.63) is 29.7 Å². The highest BCUT2D eigenvalue weighted by Gasteiger charge is 2.33. The molecule has 10 nitrogen and oxygen atoms in total. The first-order valence-electron chi connectivity index (χ1n) is 11.4. The van der Waals surface area contributed by atoms with E-state index < -0.39 is 30.6 Å². The van der Waals surface area contributed by atoms with Gasteiger partial charge in [-0.25, -0.2) is 4.98 Å². The molecule has 35 heavy (non-hydrogen) atoms. The second-order valence-electron chi connectivity index (χ2n) is 8.60. The molecule has 2 atom stereocenters. The summed E-state index contributed by atoms with van der Waals surface area (Å²) in [6, 6.07) is 3.02. The van der Waals surface area contributed by atoms with Crippen molar-refractivity contribution in [1.29, 1.82) is 0 Å². The van der Waals surface area contributed by atoms with Crippen molar-refractivity contribution in [3.63, 3.8) is 0 Å². The topological polar surface area (TPSA) is 129 Å². The van der Waals surface area contributed by atoms with Gasteiger partial charge in [0.15, 0.2) is 23.0 Å². The van der Waals surface area contributed by atoms with Crippen LogP contribution in [0, 0.1) is 5.92 Å². The van der Waals surface area contributed by atoms with Crippen LogP contribution in [0.1, 0.15) is 42.1 Å². The van der Waals surface area contributed by atoms with E-state index in [4.69, 9.17) is 19.6 Å². The van der Waals surface area contributed by atoms with Crippen LogP contribution in [0.15, 0.2) is 22.6 Å². The van der Waals surface area contributed by atoms with Gasteiger partial charge in [0.1, 0.15) is 6.04 Å². The Kier molecular flexibility index (Phi) is 7.51. The van der Waals surface area contributed by atoms with Gasteiger partial charge in [0.25, 0.3) is 5.91 Å². The highest BCUT2D eigenvalue weighted by molar-refractivity contribution is 5.94. The van der Waals surface area contributed by atoms with E-state index in [-0.39, 0.29) is 35.4 Å². The van der Waals surface area contributed by atoms with Gasteiger partial charge in [-0.1, -0.05) is 0 Å². The zero-order valence-electron chi connectivity index (χ0n) is 19.5. The first-order valence-corrected chi connectivity index (χ1v) is 11.4. The van der Waals surface area contributed by atoms with Crippen molar-refractivity contribution in [2.24, 2.45) is 11.7 Å². The predicted octanol–water partition coefficient (Wildman–Crippen LogP) is 2.34. The number of amides is 1. The van der Waals surface area contributed by atoms with Crippen LogP contribution in [-0.2, 0) is 9.53 Å². The number of halogens is 2. The maximum atomic E-state index is 13.3. The van der Waals surface area contributed by atoms with Crippen molar-refractivity contribution >= 4 is 11.9 Å². The minimum atomic E-state index is -3.01. The van der Waals surface area contributed by atoms with Crippen molar-refractivity contribution in [2.75, 3.05) is 33.4 Å². The number of benzene rings is 1. The fourth-order valence-corrected chi connectivity index (χ4v) is 3.74. The summed E-state index contributed by atoms with van der Waals surface area (Å²) in [5.41, 5.74) is 6.48. The van der Waals surface area contributed by atoms with Gasteiger partial charge in [-0.05, 0) is 43.9 Å². The molecule has 2 aromatic rings. The van der Waals surface area contributed by atoms with Crippen molar-refractivity contribution in [2.45, 2.75) is 38.5 Å². The third-order valence-corrected chi connectivity index (χ3v) is 5.80. The molecule has 1 aromatic heterocycles. The second-order valence-corrected chi connectivity index (χ2v) is 8.60. The molecule has 1 aromatic carbocycles. The first kappa shape index (κ1) is 24.9. The molecule has 2 aliphatic rings. The lowest BCUT2D eigenvalue weighted by Crippen LogP contribution is -2.56. The van der Waals surface area contributed by atoms with Crippen molar-refractivity contribution in [3.8, 4) is 23.0 Å². The van der Waals surface area contributed by atoms with E-state index in [0.29, 0.717) is 31.2 Å². The van der Waals surface area contributed by atoms with Crippen LogP contribution in [0.3, 0.4) is 0 Å². The van der Waals surface area contributed by atoms with Gasteiger partial charge < -0.3 is 34.6 Å². The molecule has 12 heteroatoms. The molecule has 1 amide bonds. The van der Waals surface area contributed by atoms with Gasteiger partial charge in [0.05, 0.1) is 19.8 Å². The lowest BCUT2D eigenvalue weighted by Gasteiger charge is -2.31. The number of nitrogens with zero attached hydrogens (tertiary/aromatic N) is 2. The molecule has 1 aliphatic heterocycles. The number of aromatic nitrogens is 1. The second kappa shape index (κ2) is 10.6. The Labute approximate surface area is 200 Å². The summed E-state index contributed by atoms with van der Waals surface area (Å²) in [6.07, 6.45) is 2.05. The summed E-state index contributed by atoms with van der Waals surface area (Å²) in [7, 11) is 1.28. The number of methoxy groups -OCH3 is 1. The van der Waals surface area contributed by atoms with Crippen LogP contribution in [0.5, 0.6) is 11.5 Å². The number of rotatable bonds is 9. The highest BCUT2D eigenvalue weighted by atomic mass is 19.3. The minimum Gasteiger partial charge on any atom is -0.489 e. The molecule has 2 fully saturated rings. The van der Waals surface area contributed by atoms with Crippen LogP contribution in [0.2, 0.25) is 0 Å². The Morgan fingerprint density at radius 1 is 1.31 bits per heavy atom. The smallest absolute Gasteiger partial charge is 0.387 e. The zero-order chi connectivity index (χ0) is 25.1. The van der Waals surface area contributed by atoms with Crippen LogP contribution >= 0.6 is 0 Å². The van der Waals surface area contributed by atoms with Gasteiger partial charge in [-0.3, -0.25) is 9.59 Å². The summed E-state index contributed by atoms with van der Waals surface area (Å²) in [5.74, 6) is -0.236. The number of hydrogen-bond donors (Lipinski definition) is 2. The van der Waals surface area contributed by atoms with Crippen LogP contribution in [0.4, 0.5) is 8.78 Å². The Hall–Kier alpha value is -3.25. The summed E-state index contributed by atoms with van der Waals surface area (Å²) < 4.78 is 46.6. The molecule has 0 radical (unpaired) electrons. The number of alkyl halides is 2. The average molecular weight is 494 g/mol. The Bertz CT molecular complexity index is 1070. The SMILES string of the molecule is COC(=O)C1CN(C(=O)c2nc(-c3ccc(OC(F)F)c(OCC4CC4)c3)oc2[C@H](C)N)CCN1. The number of carbonyl (C=O) groups is 2. The van der Waals surface area contributed by atoms with E-state index in [2.05, 4.69) is 15.0 Å². The molecule has 0 spiro atoms. The molecular formula is C23H28F2N4O6. The fraction of sp³-hybridized carbons (Fsp3) is 0.522. The quantitative estimate of drug-likeness (QED) is 0.505. The largest absolute Gasteiger partial charge is 0.489 e. The van der Waals surface area contributed by atoms with E-state index in [9.17, 15) is 18.4 Å². The van der Waals surface area contributed by atoms with Crippen LogP contribution in [0.25, 0.3) is 11.5 Å².